The van der Waals surface area contributed by atoms with Crippen LogP contribution in [0.3, 0.4) is 0 Å². The number of esters is 1. The predicted molar refractivity (Wildman–Crippen MR) is 51.5 cm³/mol. The van der Waals surface area contributed by atoms with Crippen LogP contribution in [0.5, 0.6) is 5.75 Å². The van der Waals surface area contributed by atoms with E-state index < -0.39 is 35.0 Å². The van der Waals surface area contributed by atoms with E-state index in [9.17, 15) is 18.7 Å². The smallest absolute Gasteiger partial charge is 0.360 e. The second-order valence-electron chi connectivity index (χ2n) is 2.92. The van der Waals surface area contributed by atoms with Gasteiger partial charge < -0.3 is 9.84 Å². The largest absolute Gasteiger partial charge is 0.505 e. The minimum Gasteiger partial charge on any atom is -0.505 e. The van der Waals surface area contributed by atoms with E-state index in [2.05, 4.69) is 9.72 Å². The first-order chi connectivity index (χ1) is 8.02. The van der Waals surface area contributed by atoms with Gasteiger partial charge in [0.05, 0.1) is 17.7 Å². The van der Waals surface area contributed by atoms with Gasteiger partial charge >= 0.3 is 5.97 Å². The summed E-state index contributed by atoms with van der Waals surface area (Å²) < 4.78 is 29.8. The average Bonchev–Trinajstić information content (AvgIpc) is 2.27. The Balaban J connectivity index is 3.34. The van der Waals surface area contributed by atoms with E-state index >= 15 is 0 Å². The summed E-state index contributed by atoms with van der Waals surface area (Å²) in [7, 11) is 0. The number of carbonyl (C=O) groups excluding carboxylic acids is 1. The number of alkyl halides is 2. The SMILES string of the molecule is CCOC(=O)c1ncc(C#N)c(C(F)F)c1O. The summed E-state index contributed by atoms with van der Waals surface area (Å²) in [5.41, 5.74) is -2.02. The third-order valence-corrected chi connectivity index (χ3v) is 1.90. The molecule has 7 heteroatoms. The molecular formula is C10H8F2N2O3. The van der Waals surface area contributed by atoms with Crippen molar-refractivity contribution >= 4 is 5.97 Å². The number of hydrogen-bond donors (Lipinski definition) is 1. The van der Waals surface area contributed by atoms with Gasteiger partial charge in [0.2, 0.25) is 0 Å². The van der Waals surface area contributed by atoms with Crippen molar-refractivity contribution in [1.29, 1.82) is 5.26 Å². The molecule has 1 rings (SSSR count). The number of pyridine rings is 1. The Morgan fingerprint density at radius 3 is 2.82 bits per heavy atom. The number of rotatable bonds is 3. The van der Waals surface area contributed by atoms with Crippen LogP contribution in [0.15, 0.2) is 6.20 Å². The van der Waals surface area contributed by atoms with Crippen LogP contribution < -0.4 is 0 Å². The number of aromatic nitrogens is 1. The molecule has 0 saturated heterocycles. The Morgan fingerprint density at radius 1 is 1.71 bits per heavy atom. The molecule has 1 N–H and O–H groups in total. The van der Waals surface area contributed by atoms with Crippen LogP contribution in [0, 0.1) is 11.3 Å². The van der Waals surface area contributed by atoms with E-state index in [0.29, 0.717) is 0 Å². The van der Waals surface area contributed by atoms with Crippen LogP contribution in [0.2, 0.25) is 0 Å². The molecule has 0 aliphatic carbocycles. The van der Waals surface area contributed by atoms with E-state index in [1.165, 1.54) is 13.0 Å². The molecule has 0 radical (unpaired) electrons. The lowest BCUT2D eigenvalue weighted by Gasteiger charge is -2.08. The molecule has 0 spiro atoms. The van der Waals surface area contributed by atoms with Gasteiger partial charge in [-0.2, -0.15) is 5.26 Å². The maximum atomic E-state index is 12.6. The lowest BCUT2D eigenvalue weighted by atomic mass is 10.1. The van der Waals surface area contributed by atoms with Gasteiger partial charge in [-0.15, -0.1) is 0 Å². The fourth-order valence-electron chi connectivity index (χ4n) is 1.17. The van der Waals surface area contributed by atoms with Crippen molar-refractivity contribution in [2.75, 3.05) is 6.61 Å². The second kappa shape index (κ2) is 5.21. The first-order valence-electron chi connectivity index (χ1n) is 4.60. The molecule has 1 aromatic heterocycles. The molecule has 0 saturated carbocycles. The van der Waals surface area contributed by atoms with Crippen molar-refractivity contribution in [3.63, 3.8) is 0 Å². The van der Waals surface area contributed by atoms with Crippen LogP contribution in [0.1, 0.15) is 35.0 Å². The second-order valence-corrected chi connectivity index (χ2v) is 2.92. The normalized spacial score (nSPS) is 10.1. The zero-order valence-electron chi connectivity index (χ0n) is 8.78. The molecule has 0 aliphatic rings. The van der Waals surface area contributed by atoms with Gasteiger partial charge in [-0.25, -0.2) is 18.6 Å². The Morgan fingerprint density at radius 2 is 2.35 bits per heavy atom. The quantitative estimate of drug-likeness (QED) is 0.816. The highest BCUT2D eigenvalue weighted by molar-refractivity contribution is 5.91. The third-order valence-electron chi connectivity index (χ3n) is 1.90. The number of nitriles is 1. The Bertz CT molecular complexity index is 483. The summed E-state index contributed by atoms with van der Waals surface area (Å²) in [6.07, 6.45) is -2.28. The Hall–Kier alpha value is -2.23. The Labute approximate surface area is 95.3 Å². The molecule has 5 nitrogen and oxygen atoms in total. The molecule has 90 valence electrons. The van der Waals surface area contributed by atoms with Gasteiger partial charge in [0, 0.05) is 6.20 Å². The van der Waals surface area contributed by atoms with Crippen molar-refractivity contribution in [3.05, 3.63) is 23.0 Å². The molecule has 0 atom stereocenters. The molecule has 0 fully saturated rings. The zero-order chi connectivity index (χ0) is 13.0. The van der Waals surface area contributed by atoms with Crippen molar-refractivity contribution in [1.82, 2.24) is 4.98 Å². The number of ether oxygens (including phenoxy) is 1. The summed E-state index contributed by atoms with van der Waals surface area (Å²) in [5.74, 6) is -2.03. The van der Waals surface area contributed by atoms with E-state index in [4.69, 9.17) is 5.26 Å². The molecule has 17 heavy (non-hydrogen) atoms. The van der Waals surface area contributed by atoms with Crippen LogP contribution in [-0.2, 0) is 4.74 Å². The molecule has 0 bridgehead atoms. The summed E-state index contributed by atoms with van der Waals surface area (Å²) in [6, 6.07) is 1.46. The molecular weight excluding hydrogens is 234 g/mol. The van der Waals surface area contributed by atoms with Gasteiger partial charge in [0.25, 0.3) is 6.43 Å². The summed E-state index contributed by atoms with van der Waals surface area (Å²) in [4.78, 5) is 14.7. The number of hydrogen-bond acceptors (Lipinski definition) is 5. The van der Waals surface area contributed by atoms with Crippen molar-refractivity contribution in [2.24, 2.45) is 0 Å². The fraction of sp³-hybridized carbons (Fsp3) is 0.300. The summed E-state index contributed by atoms with van der Waals surface area (Å²) in [6.45, 7) is 1.54. The summed E-state index contributed by atoms with van der Waals surface area (Å²) in [5, 5.41) is 18.0. The highest BCUT2D eigenvalue weighted by atomic mass is 19.3. The fourth-order valence-corrected chi connectivity index (χ4v) is 1.17. The number of nitrogens with zero attached hydrogens (tertiary/aromatic N) is 2. The molecule has 0 aromatic carbocycles. The number of aromatic hydroxyl groups is 1. The standard InChI is InChI=1S/C10H8F2N2O3/c1-2-17-10(16)7-8(15)6(9(11)12)5(3-13)4-14-7/h4,9,15H,2H2,1H3. The first-order valence-corrected chi connectivity index (χ1v) is 4.60. The maximum absolute atomic E-state index is 12.6. The topological polar surface area (TPSA) is 83.2 Å². The van der Waals surface area contributed by atoms with Gasteiger partial charge in [-0.05, 0) is 6.92 Å². The summed E-state index contributed by atoms with van der Waals surface area (Å²) >= 11 is 0. The maximum Gasteiger partial charge on any atom is 0.360 e. The van der Waals surface area contributed by atoms with Gasteiger partial charge in [0.1, 0.15) is 6.07 Å². The van der Waals surface area contributed by atoms with E-state index in [1.807, 2.05) is 0 Å². The average molecular weight is 242 g/mol. The van der Waals surface area contributed by atoms with E-state index in [0.717, 1.165) is 6.20 Å². The molecule has 0 unspecified atom stereocenters. The van der Waals surface area contributed by atoms with Crippen molar-refractivity contribution < 1.29 is 23.4 Å². The molecule has 1 aromatic rings. The van der Waals surface area contributed by atoms with E-state index in [-0.39, 0.29) is 6.61 Å². The molecule has 0 amide bonds. The number of halogens is 2. The first kappa shape index (κ1) is 12.8. The van der Waals surface area contributed by atoms with Crippen molar-refractivity contribution in [2.45, 2.75) is 13.3 Å². The lowest BCUT2D eigenvalue weighted by molar-refractivity contribution is 0.0514. The van der Waals surface area contributed by atoms with Crippen LogP contribution in [-0.4, -0.2) is 22.7 Å². The van der Waals surface area contributed by atoms with Gasteiger partial charge in [-0.1, -0.05) is 0 Å². The minimum atomic E-state index is -3.08. The highest BCUT2D eigenvalue weighted by Crippen LogP contribution is 2.33. The Kier molecular flexibility index (Phi) is 3.93. The zero-order valence-corrected chi connectivity index (χ0v) is 8.78. The van der Waals surface area contributed by atoms with Crippen LogP contribution >= 0.6 is 0 Å². The van der Waals surface area contributed by atoms with Crippen molar-refractivity contribution in [3.8, 4) is 11.8 Å². The molecule has 0 aliphatic heterocycles. The van der Waals surface area contributed by atoms with Crippen LogP contribution in [0.4, 0.5) is 8.78 Å². The highest BCUT2D eigenvalue weighted by Gasteiger charge is 2.25. The number of carbonyl (C=O) groups is 1. The predicted octanol–water partition coefficient (Wildman–Crippen LogP) is 1.77. The third kappa shape index (κ3) is 2.47. The van der Waals surface area contributed by atoms with Gasteiger partial charge in [-0.3, -0.25) is 0 Å². The lowest BCUT2D eigenvalue weighted by Crippen LogP contribution is -2.09. The molecule has 1 heterocycles. The monoisotopic (exact) mass is 242 g/mol. The van der Waals surface area contributed by atoms with E-state index in [1.54, 1.807) is 0 Å². The van der Waals surface area contributed by atoms with Crippen LogP contribution in [0.25, 0.3) is 0 Å². The van der Waals surface area contributed by atoms with Gasteiger partial charge in [0.15, 0.2) is 11.4 Å². The minimum absolute atomic E-state index is 0.0178.